The van der Waals surface area contributed by atoms with E-state index in [2.05, 4.69) is 10.3 Å². The first-order chi connectivity index (χ1) is 17.2. The van der Waals surface area contributed by atoms with Crippen molar-refractivity contribution in [3.05, 3.63) is 86.7 Å². The van der Waals surface area contributed by atoms with Crippen LogP contribution in [0.2, 0.25) is 0 Å². The molecule has 0 saturated carbocycles. The molecule has 2 aromatic carbocycles. The zero-order chi connectivity index (χ0) is 26.2. The van der Waals surface area contributed by atoms with Crippen LogP contribution in [0.5, 0.6) is 5.75 Å². The second kappa shape index (κ2) is 12.0. The molecule has 0 aliphatic rings. The number of anilines is 2. The molecule has 3 aromatic rings. The first kappa shape index (κ1) is 26.5. The van der Waals surface area contributed by atoms with Gasteiger partial charge in [0.2, 0.25) is 5.95 Å². The van der Waals surface area contributed by atoms with Gasteiger partial charge in [-0.05, 0) is 56.2 Å². The lowest BCUT2D eigenvalue weighted by atomic mass is 10.1. The molecule has 0 aliphatic carbocycles. The Kier molecular flexibility index (Phi) is 8.83. The van der Waals surface area contributed by atoms with Crippen molar-refractivity contribution in [3.63, 3.8) is 0 Å². The Morgan fingerprint density at radius 3 is 2.28 bits per heavy atom. The Bertz CT molecular complexity index is 1320. The van der Waals surface area contributed by atoms with Gasteiger partial charge in [0.25, 0.3) is 0 Å². The number of nitrogens with zero attached hydrogens (tertiary/aromatic N) is 3. The van der Waals surface area contributed by atoms with Gasteiger partial charge in [0, 0.05) is 12.2 Å². The molecule has 1 N–H and O–H groups in total. The van der Waals surface area contributed by atoms with Crippen LogP contribution in [0.1, 0.15) is 38.8 Å². The summed E-state index contributed by atoms with van der Waals surface area (Å²) in [5, 5.41) is 3.08. The van der Waals surface area contributed by atoms with Gasteiger partial charge >= 0.3 is 17.3 Å². The molecule has 0 saturated heterocycles. The van der Waals surface area contributed by atoms with Crippen LogP contribution in [0.15, 0.2) is 64.2 Å². The molecular weight excluding hydrogens is 460 g/mol. The average Bonchev–Trinajstić information content (AvgIpc) is 2.85. The average molecular weight is 493 g/mol. The molecule has 0 unspecified atom stereocenters. The van der Waals surface area contributed by atoms with E-state index >= 15 is 0 Å². The zero-order valence-electron chi connectivity index (χ0n) is 21.2. The van der Waals surface area contributed by atoms with E-state index < -0.39 is 23.3 Å². The second-order valence-corrected chi connectivity index (χ2v) is 8.68. The molecule has 0 fully saturated rings. The lowest BCUT2D eigenvalue weighted by Crippen LogP contribution is -2.44. The molecule has 1 aromatic heterocycles. The lowest BCUT2D eigenvalue weighted by molar-refractivity contribution is -0.145. The molecule has 36 heavy (non-hydrogen) atoms. The normalized spacial score (nSPS) is 12.1. The number of carbonyl (C=O) groups excluding carboxylic acids is 1. The van der Waals surface area contributed by atoms with E-state index in [1.165, 1.54) is 11.7 Å². The minimum absolute atomic E-state index is 0.0369. The topological polar surface area (TPSA) is 104 Å². The third-order valence-corrected chi connectivity index (χ3v) is 5.37. The summed E-state index contributed by atoms with van der Waals surface area (Å²) in [5.41, 5.74) is 1.19. The highest BCUT2D eigenvalue weighted by Gasteiger charge is 2.20. The monoisotopic (exact) mass is 492 g/mol. The molecule has 1 atom stereocenters. The highest BCUT2D eigenvalue weighted by molar-refractivity contribution is 5.71. The zero-order valence-corrected chi connectivity index (χ0v) is 21.2. The summed E-state index contributed by atoms with van der Waals surface area (Å²) >= 11 is 0. The van der Waals surface area contributed by atoms with Crippen LogP contribution in [0.3, 0.4) is 0 Å². The molecule has 9 heteroatoms. The number of rotatable bonds is 10. The van der Waals surface area contributed by atoms with Crippen LogP contribution >= 0.6 is 0 Å². The van der Waals surface area contributed by atoms with E-state index in [-0.39, 0.29) is 25.1 Å². The number of carbonyl (C=O) groups is 1. The number of ether oxygens (including phenoxy) is 2. The smallest absolute Gasteiger partial charge is 0.354 e. The first-order valence-electron chi connectivity index (χ1n) is 11.8. The Morgan fingerprint density at radius 1 is 1.03 bits per heavy atom. The number of aromatic nitrogens is 3. The number of methoxy groups -OCH3 is 1. The standard InChI is InChI=1S/C27H32N4O5/c1-6-7-20-8-10-21(11-9-20)17-30-25(28-22-12-14-23(15-13-22)36-18(2)3)29-26(33)31(27(30)34)16-19(4)24(32)35-5/h6-15,18-19H,16-17H2,1-5H3,(H,28,29,33)/b7-6+/t19-/m0/s1. The minimum Gasteiger partial charge on any atom is -0.491 e. The quantitative estimate of drug-likeness (QED) is 0.429. The fourth-order valence-electron chi connectivity index (χ4n) is 3.60. The first-order valence-corrected chi connectivity index (χ1v) is 11.8. The van der Waals surface area contributed by atoms with Gasteiger partial charge in [0.15, 0.2) is 0 Å². The molecule has 9 nitrogen and oxygen atoms in total. The maximum atomic E-state index is 13.5. The molecule has 0 spiro atoms. The fourth-order valence-corrected chi connectivity index (χ4v) is 3.60. The van der Waals surface area contributed by atoms with Crippen molar-refractivity contribution < 1.29 is 14.3 Å². The maximum Gasteiger partial charge on any atom is 0.354 e. The van der Waals surface area contributed by atoms with E-state index in [4.69, 9.17) is 9.47 Å². The van der Waals surface area contributed by atoms with E-state index in [1.54, 1.807) is 31.2 Å². The summed E-state index contributed by atoms with van der Waals surface area (Å²) in [6, 6.07) is 14.9. The summed E-state index contributed by atoms with van der Waals surface area (Å²) in [4.78, 5) is 42.3. The van der Waals surface area contributed by atoms with Gasteiger partial charge in [-0.1, -0.05) is 43.3 Å². The summed E-state index contributed by atoms with van der Waals surface area (Å²) in [5.74, 6) is -0.405. The van der Waals surface area contributed by atoms with Crippen molar-refractivity contribution in [2.24, 2.45) is 5.92 Å². The predicted molar refractivity (Wildman–Crippen MR) is 140 cm³/mol. The van der Waals surface area contributed by atoms with Crippen LogP contribution in [-0.2, 0) is 22.6 Å². The summed E-state index contributed by atoms with van der Waals surface area (Å²) in [6.45, 7) is 7.45. The largest absolute Gasteiger partial charge is 0.491 e. The molecule has 190 valence electrons. The number of hydrogen-bond acceptors (Lipinski definition) is 7. The van der Waals surface area contributed by atoms with E-state index in [0.717, 1.165) is 15.7 Å². The summed E-state index contributed by atoms with van der Waals surface area (Å²) in [7, 11) is 1.26. The Morgan fingerprint density at radius 2 is 1.69 bits per heavy atom. The van der Waals surface area contributed by atoms with Crippen LogP contribution in [0.25, 0.3) is 6.08 Å². The number of esters is 1. The number of nitrogens with one attached hydrogen (secondary N) is 1. The lowest BCUT2D eigenvalue weighted by Gasteiger charge is -2.17. The fraction of sp³-hybridized carbons (Fsp3) is 0.333. The Balaban J connectivity index is 2.01. The van der Waals surface area contributed by atoms with Gasteiger partial charge in [-0.3, -0.25) is 9.36 Å². The predicted octanol–water partition coefficient (Wildman–Crippen LogP) is 3.83. The number of benzene rings is 2. The summed E-state index contributed by atoms with van der Waals surface area (Å²) in [6.07, 6.45) is 3.96. The number of allylic oxidation sites excluding steroid dienone is 1. The molecule has 0 radical (unpaired) electrons. The van der Waals surface area contributed by atoms with Crippen LogP contribution in [0, 0.1) is 5.92 Å². The molecule has 0 bridgehead atoms. The van der Waals surface area contributed by atoms with Gasteiger partial charge in [0.05, 0.1) is 25.7 Å². The highest BCUT2D eigenvalue weighted by Crippen LogP contribution is 2.20. The Labute approximate surface area is 210 Å². The van der Waals surface area contributed by atoms with E-state index in [1.807, 2.05) is 57.2 Å². The third-order valence-electron chi connectivity index (χ3n) is 5.37. The van der Waals surface area contributed by atoms with Gasteiger partial charge in [0.1, 0.15) is 5.75 Å². The SMILES string of the molecule is C/C=C/c1ccc(Cn2c(Nc3ccc(OC(C)C)cc3)nc(=O)n(C[C@H](C)C(=O)OC)c2=O)cc1. The van der Waals surface area contributed by atoms with Gasteiger partial charge in [-0.15, -0.1) is 0 Å². The van der Waals surface area contributed by atoms with Crippen molar-refractivity contribution in [1.29, 1.82) is 0 Å². The van der Waals surface area contributed by atoms with E-state index in [9.17, 15) is 14.4 Å². The summed E-state index contributed by atoms with van der Waals surface area (Å²) < 4.78 is 12.8. The van der Waals surface area contributed by atoms with Crippen LogP contribution in [0.4, 0.5) is 11.6 Å². The van der Waals surface area contributed by atoms with Crippen LogP contribution < -0.4 is 21.4 Å². The maximum absolute atomic E-state index is 13.5. The molecule has 3 rings (SSSR count). The molecule has 0 amide bonds. The van der Waals surface area contributed by atoms with Crippen LogP contribution in [-0.4, -0.2) is 33.3 Å². The van der Waals surface area contributed by atoms with E-state index in [0.29, 0.717) is 11.4 Å². The highest BCUT2D eigenvalue weighted by atomic mass is 16.5. The number of hydrogen-bond donors (Lipinski definition) is 1. The third kappa shape index (κ3) is 6.71. The molecular formula is C27H32N4O5. The second-order valence-electron chi connectivity index (χ2n) is 8.68. The minimum atomic E-state index is -0.752. The van der Waals surface area contributed by atoms with Crippen molar-refractivity contribution in [3.8, 4) is 5.75 Å². The van der Waals surface area contributed by atoms with Crippen molar-refractivity contribution >= 4 is 23.7 Å². The van der Waals surface area contributed by atoms with Gasteiger partial charge < -0.3 is 14.8 Å². The molecule has 0 aliphatic heterocycles. The van der Waals surface area contributed by atoms with Crippen molar-refractivity contribution in [2.45, 2.75) is 46.9 Å². The molecule has 1 heterocycles. The van der Waals surface area contributed by atoms with Gasteiger partial charge in [-0.2, -0.15) is 4.98 Å². The van der Waals surface area contributed by atoms with Crippen molar-refractivity contribution in [1.82, 2.24) is 14.1 Å². The van der Waals surface area contributed by atoms with Gasteiger partial charge in [-0.25, -0.2) is 14.2 Å². The Hall–Kier alpha value is -4.14. The van der Waals surface area contributed by atoms with Crippen molar-refractivity contribution in [2.75, 3.05) is 12.4 Å².